The predicted molar refractivity (Wildman–Crippen MR) is 112 cm³/mol. The van der Waals surface area contributed by atoms with Crippen molar-refractivity contribution in [3.8, 4) is 5.75 Å². The van der Waals surface area contributed by atoms with Crippen molar-refractivity contribution in [3.63, 3.8) is 0 Å². The van der Waals surface area contributed by atoms with E-state index in [1.807, 2.05) is 32.0 Å². The summed E-state index contributed by atoms with van der Waals surface area (Å²) >= 11 is 0. The van der Waals surface area contributed by atoms with E-state index in [0.717, 1.165) is 11.1 Å². The highest BCUT2D eigenvalue weighted by molar-refractivity contribution is 5.95. The summed E-state index contributed by atoms with van der Waals surface area (Å²) in [5.41, 5.74) is 7.51. The van der Waals surface area contributed by atoms with Crippen LogP contribution in [-0.2, 0) is 0 Å². The van der Waals surface area contributed by atoms with Gasteiger partial charge in [-0.15, -0.1) is 0 Å². The van der Waals surface area contributed by atoms with Crippen LogP contribution < -0.4 is 20.9 Å². The van der Waals surface area contributed by atoms with E-state index in [1.54, 1.807) is 24.3 Å². The number of methoxy groups -OCH3 is 1. The van der Waals surface area contributed by atoms with Gasteiger partial charge in [-0.05, 0) is 49.7 Å². The van der Waals surface area contributed by atoms with Gasteiger partial charge in [-0.25, -0.2) is 9.97 Å². The van der Waals surface area contributed by atoms with Gasteiger partial charge in [0.05, 0.1) is 12.0 Å². The Hall–Kier alpha value is -4.21. The van der Waals surface area contributed by atoms with Gasteiger partial charge in [-0.3, -0.25) is 25.8 Å². The number of carbonyl (C=O) groups is 1. The summed E-state index contributed by atoms with van der Waals surface area (Å²) in [5.74, 6) is -0.0326. The van der Waals surface area contributed by atoms with Crippen molar-refractivity contribution in [1.29, 1.82) is 0 Å². The highest BCUT2D eigenvalue weighted by atomic mass is 16.6. The van der Waals surface area contributed by atoms with Crippen LogP contribution in [0.2, 0.25) is 0 Å². The van der Waals surface area contributed by atoms with E-state index in [-0.39, 0.29) is 11.6 Å². The molecule has 3 aromatic rings. The number of nitrogens with one attached hydrogen (secondary N) is 3. The Labute approximate surface area is 172 Å². The zero-order valence-electron chi connectivity index (χ0n) is 16.6. The van der Waals surface area contributed by atoms with E-state index >= 15 is 0 Å². The van der Waals surface area contributed by atoms with Crippen molar-refractivity contribution in [3.05, 3.63) is 75.6 Å². The molecule has 10 heteroatoms. The summed E-state index contributed by atoms with van der Waals surface area (Å²) in [6.07, 6.45) is 1.17. The fraction of sp³-hybridized carbons (Fsp3) is 0.150. The molecule has 10 nitrogen and oxygen atoms in total. The molecule has 1 aromatic heterocycles. The van der Waals surface area contributed by atoms with Crippen LogP contribution in [0, 0.1) is 24.0 Å². The van der Waals surface area contributed by atoms with Gasteiger partial charge < -0.3 is 10.1 Å². The second-order valence-corrected chi connectivity index (χ2v) is 6.43. The summed E-state index contributed by atoms with van der Waals surface area (Å²) in [6.45, 7) is 3.84. The summed E-state index contributed by atoms with van der Waals surface area (Å²) in [6, 6.07) is 12.0. The number of nitro groups is 1. The molecule has 0 spiro atoms. The zero-order chi connectivity index (χ0) is 21.7. The average molecular weight is 408 g/mol. The molecule has 1 amide bonds. The van der Waals surface area contributed by atoms with E-state index in [4.69, 9.17) is 4.74 Å². The maximum Gasteiger partial charge on any atom is 0.355 e. The Balaban J connectivity index is 1.81. The molecule has 1 heterocycles. The van der Waals surface area contributed by atoms with Gasteiger partial charge in [0.1, 0.15) is 12.1 Å². The highest BCUT2D eigenvalue weighted by Gasteiger charge is 2.24. The van der Waals surface area contributed by atoms with Crippen molar-refractivity contribution in [2.45, 2.75) is 13.8 Å². The smallest absolute Gasteiger partial charge is 0.355 e. The molecule has 3 N–H and O–H groups in total. The molecule has 0 fully saturated rings. The normalized spacial score (nSPS) is 10.2. The Morgan fingerprint density at radius 3 is 2.40 bits per heavy atom. The first-order valence-electron chi connectivity index (χ1n) is 8.93. The van der Waals surface area contributed by atoms with E-state index in [0.29, 0.717) is 17.0 Å². The third kappa shape index (κ3) is 4.61. The summed E-state index contributed by atoms with van der Waals surface area (Å²) in [5, 5.41) is 14.6. The number of hydrazine groups is 1. The van der Waals surface area contributed by atoms with E-state index in [1.165, 1.54) is 13.4 Å². The molecule has 0 unspecified atom stereocenters. The second kappa shape index (κ2) is 8.86. The molecule has 0 aliphatic carbocycles. The second-order valence-electron chi connectivity index (χ2n) is 6.43. The lowest BCUT2D eigenvalue weighted by Crippen LogP contribution is -2.30. The molecule has 0 bridgehead atoms. The Bertz CT molecular complexity index is 1090. The number of rotatable bonds is 7. The SMILES string of the molecule is COc1ccc(C(=O)NNc2ncnc(Nc3ccc(C)cc3C)c2[N+](=O)[O-])cc1. The van der Waals surface area contributed by atoms with Gasteiger partial charge in [0.25, 0.3) is 5.91 Å². The van der Waals surface area contributed by atoms with E-state index in [2.05, 4.69) is 26.1 Å². The molecule has 0 radical (unpaired) electrons. The van der Waals surface area contributed by atoms with Crippen LogP contribution in [0.3, 0.4) is 0 Å². The van der Waals surface area contributed by atoms with E-state index in [9.17, 15) is 14.9 Å². The van der Waals surface area contributed by atoms with Gasteiger partial charge in [0, 0.05) is 11.3 Å². The third-order valence-electron chi connectivity index (χ3n) is 4.29. The van der Waals surface area contributed by atoms with E-state index < -0.39 is 16.5 Å². The van der Waals surface area contributed by atoms with Crippen LogP contribution in [0.25, 0.3) is 0 Å². The number of anilines is 3. The first-order valence-corrected chi connectivity index (χ1v) is 8.93. The number of amides is 1. The van der Waals surface area contributed by atoms with Crippen LogP contribution >= 0.6 is 0 Å². The Morgan fingerprint density at radius 1 is 1.07 bits per heavy atom. The lowest BCUT2D eigenvalue weighted by Gasteiger charge is -2.12. The third-order valence-corrected chi connectivity index (χ3v) is 4.29. The number of hydrogen-bond donors (Lipinski definition) is 3. The first-order chi connectivity index (χ1) is 14.4. The Kier molecular flexibility index (Phi) is 6.06. The standard InChI is InChI=1S/C20H20N6O4/c1-12-4-9-16(13(2)10-12)23-18-17(26(28)29)19(22-11-21-18)24-25-20(27)14-5-7-15(30-3)8-6-14/h4-11H,1-3H3,(H,25,27)(H2,21,22,23,24). The van der Waals surface area contributed by atoms with Crippen LogP contribution in [0.4, 0.5) is 23.0 Å². The number of carbonyl (C=O) groups excluding carboxylic acids is 1. The monoisotopic (exact) mass is 408 g/mol. The van der Waals surface area contributed by atoms with Crippen LogP contribution in [-0.4, -0.2) is 27.9 Å². The minimum Gasteiger partial charge on any atom is -0.497 e. The average Bonchev–Trinajstić information content (AvgIpc) is 2.74. The van der Waals surface area contributed by atoms with Crippen molar-refractivity contribution in [2.24, 2.45) is 0 Å². The maximum absolute atomic E-state index is 12.3. The fourth-order valence-corrected chi connectivity index (χ4v) is 2.75. The van der Waals surface area contributed by atoms with Crippen molar-refractivity contribution < 1.29 is 14.5 Å². The number of aryl methyl sites for hydroxylation is 2. The van der Waals surface area contributed by atoms with Gasteiger partial charge in [-0.2, -0.15) is 0 Å². The first kappa shape index (κ1) is 20.5. The topological polar surface area (TPSA) is 131 Å². The van der Waals surface area contributed by atoms with Crippen LogP contribution in [0.15, 0.2) is 48.8 Å². The lowest BCUT2D eigenvalue weighted by atomic mass is 10.1. The number of nitrogens with zero attached hydrogens (tertiary/aromatic N) is 3. The number of aromatic nitrogens is 2. The van der Waals surface area contributed by atoms with Gasteiger partial charge in [-0.1, -0.05) is 17.7 Å². The molecule has 0 saturated heterocycles. The predicted octanol–water partition coefficient (Wildman–Crippen LogP) is 3.51. The highest BCUT2D eigenvalue weighted by Crippen LogP contribution is 2.31. The number of benzene rings is 2. The quantitative estimate of drug-likeness (QED) is 0.400. The van der Waals surface area contributed by atoms with Crippen molar-refractivity contribution in [2.75, 3.05) is 17.9 Å². The summed E-state index contributed by atoms with van der Waals surface area (Å²) < 4.78 is 5.05. The fourth-order valence-electron chi connectivity index (χ4n) is 2.75. The van der Waals surface area contributed by atoms with Gasteiger partial charge in [0.15, 0.2) is 0 Å². The molecular weight excluding hydrogens is 388 g/mol. The molecule has 2 aromatic carbocycles. The minimum atomic E-state index is -0.617. The Morgan fingerprint density at radius 2 is 1.77 bits per heavy atom. The number of hydrogen-bond acceptors (Lipinski definition) is 8. The lowest BCUT2D eigenvalue weighted by molar-refractivity contribution is -0.383. The number of ether oxygens (including phenoxy) is 1. The maximum atomic E-state index is 12.3. The van der Waals surface area contributed by atoms with Gasteiger partial charge >= 0.3 is 5.69 Å². The molecule has 0 saturated carbocycles. The molecule has 0 aliphatic heterocycles. The summed E-state index contributed by atoms with van der Waals surface area (Å²) in [7, 11) is 1.52. The molecule has 0 atom stereocenters. The zero-order valence-corrected chi connectivity index (χ0v) is 16.6. The van der Waals surface area contributed by atoms with Crippen LogP contribution in [0.1, 0.15) is 21.5 Å². The summed E-state index contributed by atoms with van der Waals surface area (Å²) in [4.78, 5) is 31.3. The molecule has 0 aliphatic rings. The molecular formula is C20H20N6O4. The molecule has 154 valence electrons. The van der Waals surface area contributed by atoms with Gasteiger partial charge in [0.2, 0.25) is 11.6 Å². The van der Waals surface area contributed by atoms with Crippen molar-refractivity contribution >= 4 is 28.9 Å². The molecule has 3 rings (SSSR count). The molecule has 30 heavy (non-hydrogen) atoms. The van der Waals surface area contributed by atoms with Crippen molar-refractivity contribution in [1.82, 2.24) is 15.4 Å². The largest absolute Gasteiger partial charge is 0.497 e. The van der Waals surface area contributed by atoms with Crippen LogP contribution in [0.5, 0.6) is 5.75 Å². The minimum absolute atomic E-state index is 0.00292.